The quantitative estimate of drug-likeness (QED) is 0.495. The van der Waals surface area contributed by atoms with Crippen molar-refractivity contribution in [3.05, 3.63) is 54.0 Å². The first-order chi connectivity index (χ1) is 5.45. The van der Waals surface area contributed by atoms with E-state index in [1.54, 1.807) is 0 Å². The van der Waals surface area contributed by atoms with Gasteiger partial charge in [-0.1, -0.05) is 18.2 Å². The van der Waals surface area contributed by atoms with Crippen LogP contribution in [-0.2, 0) is 0 Å². The van der Waals surface area contributed by atoms with E-state index in [1.807, 2.05) is 0 Å². The van der Waals surface area contributed by atoms with E-state index < -0.39 is 0 Å². The maximum atomic E-state index is 2.28. The maximum Gasteiger partial charge on any atom is 0.0947 e. The van der Waals surface area contributed by atoms with E-state index in [9.17, 15) is 0 Å². The first-order valence-electron chi connectivity index (χ1n) is 4.01. The Bertz CT molecular complexity index is 262. The fourth-order valence-corrected chi connectivity index (χ4v) is 1.38. The van der Waals surface area contributed by atoms with E-state index in [1.165, 1.54) is 11.1 Å². The van der Waals surface area contributed by atoms with Crippen molar-refractivity contribution >= 4 is 0 Å². The summed E-state index contributed by atoms with van der Waals surface area (Å²) in [5.74, 6) is 0. The van der Waals surface area contributed by atoms with E-state index in [2.05, 4.69) is 42.9 Å². The second-order valence-electron chi connectivity index (χ2n) is 2.89. The van der Waals surface area contributed by atoms with Crippen molar-refractivity contribution in [2.75, 3.05) is 0 Å². The van der Waals surface area contributed by atoms with E-state index >= 15 is 0 Å². The zero-order chi connectivity index (χ0) is 7.52. The topological polar surface area (TPSA) is 0 Å². The van der Waals surface area contributed by atoms with Gasteiger partial charge in [-0.15, -0.1) is 0 Å². The molecular weight excluding hydrogens is 132 g/mol. The highest BCUT2D eigenvalue weighted by Crippen LogP contribution is 2.20. The predicted octanol–water partition coefficient (Wildman–Crippen LogP) is 2.96. The van der Waals surface area contributed by atoms with Gasteiger partial charge < -0.3 is 0 Å². The van der Waals surface area contributed by atoms with Gasteiger partial charge in [-0.3, -0.25) is 0 Å². The molecule has 0 aromatic rings. The molecule has 54 valence electrons. The molecule has 0 bridgehead atoms. The van der Waals surface area contributed by atoms with Gasteiger partial charge in [0.15, 0.2) is 0 Å². The minimum Gasteiger partial charge on any atom is -0.0801 e. The van der Waals surface area contributed by atoms with E-state index in [0.717, 1.165) is 12.8 Å². The molecule has 0 aromatic heterocycles. The Hall–Kier alpha value is -1.17. The fraction of sp³-hybridized carbons (Fsp3) is 0.182. The van der Waals surface area contributed by atoms with Crippen LogP contribution in [0.1, 0.15) is 12.8 Å². The highest BCUT2D eigenvalue weighted by Gasteiger charge is 2.08. The molecule has 0 N–H and O–H groups in total. The summed E-state index contributed by atoms with van der Waals surface area (Å²) in [6.45, 7) is 0. The van der Waals surface area contributed by atoms with Crippen molar-refractivity contribution in [2.45, 2.75) is 12.8 Å². The van der Waals surface area contributed by atoms with Crippen LogP contribution in [-0.4, -0.2) is 0 Å². The minimum absolute atomic E-state index is 1.11. The summed E-state index contributed by atoms with van der Waals surface area (Å²) in [5, 5.41) is 0. The molecule has 0 spiro atoms. The number of rotatable bonds is 1. The normalized spacial score (nSPS) is 24.4. The number of allylic oxidation sites excluding steroid dienone is 8. The second-order valence-corrected chi connectivity index (χ2v) is 2.89. The van der Waals surface area contributed by atoms with Gasteiger partial charge >= 0.3 is 0 Å². The van der Waals surface area contributed by atoms with Crippen molar-refractivity contribution < 1.29 is 0 Å². The lowest BCUT2D eigenvalue weighted by atomic mass is 10.1. The Morgan fingerprint density at radius 1 is 1.45 bits per heavy atom. The van der Waals surface area contributed by atoms with Crippen molar-refractivity contribution in [3.8, 4) is 0 Å². The molecule has 2 aliphatic carbocycles. The molecule has 0 amide bonds. The van der Waals surface area contributed by atoms with Crippen molar-refractivity contribution in [3.63, 3.8) is 0 Å². The van der Waals surface area contributed by atoms with Crippen LogP contribution >= 0.6 is 0 Å². The van der Waals surface area contributed by atoms with Crippen LogP contribution < -0.4 is 0 Å². The predicted molar refractivity (Wildman–Crippen MR) is 48.0 cm³/mol. The molecule has 0 nitrogen and oxygen atoms in total. The van der Waals surface area contributed by atoms with Gasteiger partial charge in [-0.2, -0.15) is 0 Å². The molecule has 0 radical (unpaired) electrons. The minimum atomic E-state index is 1.11. The van der Waals surface area contributed by atoms with E-state index in [0.29, 0.717) is 0 Å². The van der Waals surface area contributed by atoms with Gasteiger partial charge in [0.1, 0.15) is 0 Å². The van der Waals surface area contributed by atoms with Crippen molar-refractivity contribution in [1.82, 2.24) is 0 Å². The van der Waals surface area contributed by atoms with Crippen LogP contribution in [0.25, 0.3) is 0 Å². The molecule has 0 heteroatoms. The molecule has 0 saturated heterocycles. The molecular formula is C11H11+. The third kappa shape index (κ3) is 1.45. The first-order valence-corrected chi connectivity index (χ1v) is 4.01. The Balaban J connectivity index is 2.08. The largest absolute Gasteiger partial charge is 0.0947 e. The number of hydrogen-bond acceptors (Lipinski definition) is 0. The lowest BCUT2D eigenvalue weighted by molar-refractivity contribution is 1.24. The molecule has 2 aliphatic rings. The molecule has 0 unspecified atom stereocenters. The van der Waals surface area contributed by atoms with Crippen LogP contribution in [0.2, 0.25) is 0 Å². The smallest absolute Gasteiger partial charge is 0.0801 e. The average Bonchev–Trinajstić information content (AvgIpc) is 2.60. The first kappa shape index (κ1) is 6.53. The maximum absolute atomic E-state index is 2.28. The summed E-state index contributed by atoms with van der Waals surface area (Å²) < 4.78 is 0. The van der Waals surface area contributed by atoms with Gasteiger partial charge in [-0.25, -0.2) is 0 Å². The van der Waals surface area contributed by atoms with Gasteiger partial charge in [0, 0.05) is 6.42 Å². The highest BCUT2D eigenvalue weighted by atomic mass is 14.1. The summed E-state index contributed by atoms with van der Waals surface area (Å²) in [5.41, 5.74) is 2.86. The molecule has 0 heterocycles. The lowest BCUT2D eigenvalue weighted by Crippen LogP contribution is -1.75. The van der Waals surface area contributed by atoms with Crippen LogP contribution in [0.3, 0.4) is 0 Å². The average molecular weight is 143 g/mol. The molecule has 0 atom stereocenters. The van der Waals surface area contributed by atoms with Crippen LogP contribution in [0.5, 0.6) is 0 Å². The molecule has 0 saturated carbocycles. The molecule has 2 rings (SSSR count). The van der Waals surface area contributed by atoms with Crippen LogP contribution in [0.15, 0.2) is 47.6 Å². The number of hydrogen-bond donors (Lipinski definition) is 0. The zero-order valence-corrected chi connectivity index (χ0v) is 6.46. The third-order valence-electron chi connectivity index (χ3n) is 1.97. The van der Waals surface area contributed by atoms with Crippen molar-refractivity contribution in [1.29, 1.82) is 0 Å². The van der Waals surface area contributed by atoms with Crippen LogP contribution in [0.4, 0.5) is 0 Å². The second kappa shape index (κ2) is 2.83. The summed E-state index contributed by atoms with van der Waals surface area (Å²) in [4.78, 5) is 0. The summed E-state index contributed by atoms with van der Waals surface area (Å²) in [7, 11) is 0. The van der Waals surface area contributed by atoms with Gasteiger partial charge in [0.2, 0.25) is 0 Å². The third-order valence-corrected chi connectivity index (χ3v) is 1.97. The lowest BCUT2D eigenvalue weighted by Gasteiger charge is -1.90. The standard InChI is InChI=1S/C11H11/c1-2-6-10(5-1)9-11-7-3-4-8-11/h1-5,7,9H,6,8H2/q+1/b10-9-. The summed E-state index contributed by atoms with van der Waals surface area (Å²) >= 11 is 0. The Morgan fingerprint density at radius 3 is 3.09 bits per heavy atom. The van der Waals surface area contributed by atoms with Gasteiger partial charge in [-0.05, 0) is 18.1 Å². The Labute approximate surface area is 67.6 Å². The van der Waals surface area contributed by atoms with E-state index in [-0.39, 0.29) is 0 Å². The fourth-order valence-electron chi connectivity index (χ4n) is 1.38. The Morgan fingerprint density at radius 2 is 2.45 bits per heavy atom. The molecule has 0 fully saturated rings. The summed E-state index contributed by atoms with van der Waals surface area (Å²) in [6, 6.07) is 0. The van der Waals surface area contributed by atoms with Gasteiger partial charge in [0.05, 0.1) is 24.1 Å². The monoisotopic (exact) mass is 143 g/mol. The van der Waals surface area contributed by atoms with Crippen molar-refractivity contribution in [2.24, 2.45) is 0 Å². The highest BCUT2D eigenvalue weighted by molar-refractivity contribution is 5.40. The molecule has 0 aliphatic heterocycles. The van der Waals surface area contributed by atoms with Crippen LogP contribution in [0, 0.1) is 6.42 Å². The summed E-state index contributed by atoms with van der Waals surface area (Å²) in [6.07, 6.45) is 17.5. The molecule has 11 heavy (non-hydrogen) atoms. The Kier molecular flexibility index (Phi) is 1.68. The van der Waals surface area contributed by atoms with E-state index in [4.69, 9.17) is 0 Å². The SMILES string of the molecule is C1=CCC(/C=C2/C=C[CH+]C2)=C1. The van der Waals surface area contributed by atoms with Gasteiger partial charge in [0.25, 0.3) is 0 Å². The zero-order valence-electron chi connectivity index (χ0n) is 6.46. The molecule has 0 aromatic carbocycles.